The third-order valence-electron chi connectivity index (χ3n) is 4.89. The monoisotopic (exact) mass is 264 g/mol. The molecule has 3 nitrogen and oxygen atoms in total. The Morgan fingerprint density at radius 2 is 1.89 bits per heavy atom. The second-order valence-corrected chi connectivity index (χ2v) is 6.48. The number of hydrogen-bond donors (Lipinski definition) is 1. The summed E-state index contributed by atoms with van der Waals surface area (Å²) in [6, 6.07) is 0. The summed E-state index contributed by atoms with van der Waals surface area (Å²) >= 11 is 0. The van der Waals surface area contributed by atoms with Gasteiger partial charge in [0.2, 0.25) is 0 Å². The van der Waals surface area contributed by atoms with E-state index in [-0.39, 0.29) is 6.10 Å². The largest absolute Gasteiger partial charge is 0.393 e. The second-order valence-electron chi connectivity index (χ2n) is 6.48. The van der Waals surface area contributed by atoms with Crippen LogP contribution in [0.5, 0.6) is 0 Å². The number of aromatic nitrogens is 2. The normalized spacial score (nSPS) is 25.7. The highest BCUT2D eigenvalue weighted by Crippen LogP contribution is 2.35. The van der Waals surface area contributed by atoms with Crippen LogP contribution in [-0.4, -0.2) is 20.8 Å². The van der Waals surface area contributed by atoms with Crippen molar-refractivity contribution in [1.29, 1.82) is 0 Å². The minimum absolute atomic E-state index is 0.148. The first-order valence-electron chi connectivity index (χ1n) is 7.72. The quantitative estimate of drug-likeness (QED) is 0.887. The van der Waals surface area contributed by atoms with Gasteiger partial charge in [-0.2, -0.15) is 0 Å². The molecule has 1 aromatic heterocycles. The highest BCUT2D eigenvalue weighted by molar-refractivity contribution is 4.92. The van der Waals surface area contributed by atoms with Gasteiger partial charge in [0.15, 0.2) is 0 Å². The van der Waals surface area contributed by atoms with Crippen LogP contribution in [0.1, 0.15) is 51.8 Å². The first kappa shape index (κ1) is 14.6. The van der Waals surface area contributed by atoms with Gasteiger partial charge in [0.1, 0.15) is 5.82 Å². The minimum Gasteiger partial charge on any atom is -0.393 e. The van der Waals surface area contributed by atoms with E-state index < -0.39 is 0 Å². The van der Waals surface area contributed by atoms with Gasteiger partial charge >= 0.3 is 0 Å². The van der Waals surface area contributed by atoms with Crippen molar-refractivity contribution in [3.8, 4) is 0 Å². The predicted octanol–water partition coefficient (Wildman–Crippen LogP) is 3.18. The Balaban J connectivity index is 1.75. The molecule has 0 aromatic carbocycles. The molecule has 1 atom stereocenters. The van der Waals surface area contributed by atoms with Gasteiger partial charge in [-0.05, 0) is 49.9 Å². The van der Waals surface area contributed by atoms with Gasteiger partial charge in [-0.1, -0.05) is 13.8 Å². The summed E-state index contributed by atoms with van der Waals surface area (Å²) in [6.45, 7) is 4.64. The second kappa shape index (κ2) is 6.56. The summed E-state index contributed by atoms with van der Waals surface area (Å²) in [5, 5.41) is 10.4. The zero-order chi connectivity index (χ0) is 13.8. The average Bonchev–Trinajstić information content (AvgIpc) is 2.81. The van der Waals surface area contributed by atoms with Crippen LogP contribution >= 0.6 is 0 Å². The van der Waals surface area contributed by atoms with Crippen molar-refractivity contribution in [2.75, 3.05) is 0 Å². The van der Waals surface area contributed by atoms with Crippen molar-refractivity contribution in [2.24, 2.45) is 24.8 Å². The van der Waals surface area contributed by atoms with Crippen LogP contribution in [0.2, 0.25) is 0 Å². The summed E-state index contributed by atoms with van der Waals surface area (Å²) in [4.78, 5) is 4.32. The summed E-state index contributed by atoms with van der Waals surface area (Å²) in [6.07, 6.45) is 10.4. The number of rotatable bonds is 5. The molecular formula is C16H28N2O. The van der Waals surface area contributed by atoms with Crippen molar-refractivity contribution in [3.63, 3.8) is 0 Å². The van der Waals surface area contributed by atoms with E-state index in [1.807, 2.05) is 24.0 Å². The van der Waals surface area contributed by atoms with E-state index in [2.05, 4.69) is 18.8 Å². The highest BCUT2D eigenvalue weighted by Gasteiger charge is 2.27. The fraction of sp³-hybridized carbons (Fsp3) is 0.812. The Kier molecular flexibility index (Phi) is 5.03. The molecule has 0 saturated heterocycles. The molecular weight excluding hydrogens is 236 g/mol. The molecule has 3 heteroatoms. The molecule has 1 aliphatic rings. The van der Waals surface area contributed by atoms with Gasteiger partial charge in [0.25, 0.3) is 0 Å². The zero-order valence-corrected chi connectivity index (χ0v) is 12.5. The van der Waals surface area contributed by atoms with Crippen LogP contribution in [0, 0.1) is 17.8 Å². The van der Waals surface area contributed by atoms with E-state index in [0.29, 0.717) is 5.92 Å². The molecule has 0 spiro atoms. The first-order chi connectivity index (χ1) is 9.08. The van der Waals surface area contributed by atoms with Gasteiger partial charge in [-0.3, -0.25) is 0 Å². The lowest BCUT2D eigenvalue weighted by Gasteiger charge is -2.33. The lowest BCUT2D eigenvalue weighted by molar-refractivity contribution is 0.0606. The lowest BCUT2D eigenvalue weighted by atomic mass is 9.74. The van der Waals surface area contributed by atoms with E-state index >= 15 is 0 Å². The Bertz CT molecular complexity index is 378. The Morgan fingerprint density at radius 3 is 2.42 bits per heavy atom. The third-order valence-corrected chi connectivity index (χ3v) is 4.89. The molecule has 1 heterocycles. The smallest absolute Gasteiger partial charge is 0.108 e. The van der Waals surface area contributed by atoms with E-state index in [4.69, 9.17) is 0 Å². The maximum Gasteiger partial charge on any atom is 0.108 e. The van der Waals surface area contributed by atoms with Gasteiger partial charge < -0.3 is 9.67 Å². The van der Waals surface area contributed by atoms with Crippen molar-refractivity contribution in [3.05, 3.63) is 18.2 Å². The lowest BCUT2D eigenvalue weighted by Crippen LogP contribution is -2.28. The maximum atomic E-state index is 10.4. The molecule has 108 valence electrons. The minimum atomic E-state index is -0.148. The zero-order valence-electron chi connectivity index (χ0n) is 12.5. The summed E-state index contributed by atoms with van der Waals surface area (Å²) in [5.74, 6) is 3.26. The molecule has 0 aliphatic heterocycles. The molecule has 19 heavy (non-hydrogen) atoms. The van der Waals surface area contributed by atoms with Crippen LogP contribution in [0.15, 0.2) is 12.4 Å². The highest BCUT2D eigenvalue weighted by atomic mass is 16.3. The van der Waals surface area contributed by atoms with Gasteiger partial charge in [0.05, 0.1) is 6.10 Å². The fourth-order valence-corrected chi connectivity index (χ4v) is 3.35. The number of aliphatic hydroxyl groups is 1. The molecule has 0 bridgehead atoms. The number of aliphatic hydroxyl groups excluding tert-OH is 1. The summed E-state index contributed by atoms with van der Waals surface area (Å²) in [5.41, 5.74) is 0. The van der Waals surface area contributed by atoms with E-state index in [1.165, 1.54) is 25.7 Å². The van der Waals surface area contributed by atoms with Gasteiger partial charge in [0, 0.05) is 25.9 Å². The van der Waals surface area contributed by atoms with Crippen LogP contribution < -0.4 is 0 Å². The van der Waals surface area contributed by atoms with Crippen LogP contribution in [0.25, 0.3) is 0 Å². The SMILES string of the molecule is CC(C)C1CCC(C(O)CCc2nccn2C)CC1. The molecule has 1 N–H and O–H groups in total. The fourth-order valence-electron chi connectivity index (χ4n) is 3.35. The summed E-state index contributed by atoms with van der Waals surface area (Å²) in [7, 11) is 2.02. The standard InChI is InChI=1S/C16H28N2O/c1-12(2)13-4-6-14(7-5-13)15(19)8-9-16-17-10-11-18(16)3/h10-15,19H,4-9H2,1-3H3. The Morgan fingerprint density at radius 1 is 1.26 bits per heavy atom. The topological polar surface area (TPSA) is 38.1 Å². The molecule has 0 radical (unpaired) electrons. The molecule has 0 amide bonds. The average molecular weight is 264 g/mol. The van der Waals surface area contributed by atoms with Gasteiger partial charge in [-0.25, -0.2) is 4.98 Å². The van der Waals surface area contributed by atoms with Crippen molar-refractivity contribution in [1.82, 2.24) is 9.55 Å². The van der Waals surface area contributed by atoms with Crippen LogP contribution in [0.3, 0.4) is 0 Å². The van der Waals surface area contributed by atoms with E-state index in [9.17, 15) is 5.11 Å². The summed E-state index contributed by atoms with van der Waals surface area (Å²) < 4.78 is 2.04. The molecule has 1 saturated carbocycles. The number of nitrogens with zero attached hydrogens (tertiary/aromatic N) is 2. The van der Waals surface area contributed by atoms with Crippen LogP contribution in [0.4, 0.5) is 0 Å². The van der Waals surface area contributed by atoms with Crippen molar-refractivity contribution < 1.29 is 5.11 Å². The Hall–Kier alpha value is -0.830. The molecule has 1 aromatic rings. The molecule has 1 unspecified atom stereocenters. The maximum absolute atomic E-state index is 10.4. The van der Waals surface area contributed by atoms with E-state index in [1.54, 1.807) is 0 Å². The van der Waals surface area contributed by atoms with Crippen LogP contribution in [-0.2, 0) is 13.5 Å². The number of imidazole rings is 1. The van der Waals surface area contributed by atoms with E-state index in [0.717, 1.165) is 30.5 Å². The Labute approximate surface area is 117 Å². The molecule has 2 rings (SSSR count). The van der Waals surface area contributed by atoms with Gasteiger partial charge in [-0.15, -0.1) is 0 Å². The number of hydrogen-bond acceptors (Lipinski definition) is 2. The predicted molar refractivity (Wildman–Crippen MR) is 77.8 cm³/mol. The first-order valence-corrected chi connectivity index (χ1v) is 7.72. The molecule has 1 aliphatic carbocycles. The number of aryl methyl sites for hydroxylation is 2. The van der Waals surface area contributed by atoms with Crippen molar-refractivity contribution in [2.45, 2.75) is 58.5 Å². The molecule has 1 fully saturated rings. The van der Waals surface area contributed by atoms with Crippen molar-refractivity contribution >= 4 is 0 Å². The third kappa shape index (κ3) is 3.82.